The molecule has 0 radical (unpaired) electrons. The van der Waals surface area contributed by atoms with Crippen molar-refractivity contribution in [1.29, 1.82) is 0 Å². The third kappa shape index (κ3) is 6.67. The molecule has 1 aromatic heterocycles. The number of nitrogens with zero attached hydrogens (tertiary/aromatic N) is 3. The Bertz CT molecular complexity index is 1200. The Labute approximate surface area is 190 Å². The summed E-state index contributed by atoms with van der Waals surface area (Å²) in [6.45, 7) is 0.123. The van der Waals surface area contributed by atoms with Crippen molar-refractivity contribution < 1.29 is 13.5 Å². The average Bonchev–Trinajstić information content (AvgIpc) is 2.85. The molecule has 1 N–H and O–H groups in total. The van der Waals surface area contributed by atoms with Crippen molar-refractivity contribution in [3.8, 4) is 6.01 Å². The summed E-state index contributed by atoms with van der Waals surface area (Å²) < 4.78 is 33.1. The van der Waals surface area contributed by atoms with E-state index in [9.17, 15) is 8.78 Å². The van der Waals surface area contributed by atoms with Crippen LogP contribution in [0.3, 0.4) is 0 Å². The molecule has 0 saturated heterocycles. The minimum Gasteiger partial charge on any atom is -0.459 e. The van der Waals surface area contributed by atoms with Gasteiger partial charge in [-0.3, -0.25) is 0 Å². The molecule has 0 amide bonds. The molecule has 0 saturated carbocycles. The quantitative estimate of drug-likeness (QED) is 0.263. The van der Waals surface area contributed by atoms with E-state index < -0.39 is 5.82 Å². The van der Waals surface area contributed by atoms with Gasteiger partial charge in [-0.15, -0.1) is 0 Å². The van der Waals surface area contributed by atoms with Crippen molar-refractivity contribution in [1.82, 2.24) is 9.97 Å². The molecule has 0 aliphatic rings. The molecule has 166 valence electrons. The average molecular weight is 444 g/mol. The zero-order valence-electron chi connectivity index (χ0n) is 17.8. The van der Waals surface area contributed by atoms with E-state index in [4.69, 9.17) is 4.74 Å². The standard InChI is InChI=1S/C26H22F2N4O/c27-21-14-11-20(12-15-21)18-33-26-29-17-23(28)25(32-26)31-24(30-22-9-5-2-6-10-22)16-13-19-7-3-1-4-8-19/h1-12,14-15,17H,13,16,18H2,(H,29,30,31,32). The van der Waals surface area contributed by atoms with Gasteiger partial charge in [0.1, 0.15) is 18.3 Å². The van der Waals surface area contributed by atoms with Crippen LogP contribution in [0, 0.1) is 11.6 Å². The van der Waals surface area contributed by atoms with Gasteiger partial charge in [0, 0.05) is 12.1 Å². The van der Waals surface area contributed by atoms with E-state index in [0.717, 1.165) is 29.4 Å². The van der Waals surface area contributed by atoms with Crippen LogP contribution < -0.4 is 10.1 Å². The summed E-state index contributed by atoms with van der Waals surface area (Å²) in [5, 5.41) is 3.25. The van der Waals surface area contributed by atoms with E-state index in [1.54, 1.807) is 12.1 Å². The number of para-hydroxylation sites is 1. The van der Waals surface area contributed by atoms with Gasteiger partial charge >= 0.3 is 6.01 Å². The number of amidine groups is 1. The number of aromatic nitrogens is 2. The fraction of sp³-hybridized carbons (Fsp3) is 0.115. The maximum Gasteiger partial charge on any atom is 0.318 e. The molecule has 4 rings (SSSR count). The minimum absolute atomic E-state index is 0.0124. The van der Waals surface area contributed by atoms with Crippen molar-refractivity contribution in [2.45, 2.75) is 19.4 Å². The van der Waals surface area contributed by atoms with Crippen LogP contribution >= 0.6 is 0 Å². The third-order valence-electron chi connectivity index (χ3n) is 4.78. The number of benzene rings is 3. The van der Waals surface area contributed by atoms with Crippen molar-refractivity contribution in [3.05, 3.63) is 114 Å². The van der Waals surface area contributed by atoms with E-state index in [2.05, 4.69) is 20.3 Å². The van der Waals surface area contributed by atoms with Crippen molar-refractivity contribution in [3.63, 3.8) is 0 Å². The van der Waals surface area contributed by atoms with Gasteiger partial charge < -0.3 is 10.1 Å². The summed E-state index contributed by atoms with van der Waals surface area (Å²) in [5.41, 5.74) is 2.72. The molecule has 0 bridgehead atoms. The molecule has 0 aliphatic carbocycles. The lowest BCUT2D eigenvalue weighted by Crippen LogP contribution is -2.13. The molecular formula is C26H22F2N4O. The summed E-state index contributed by atoms with van der Waals surface area (Å²) in [4.78, 5) is 12.5. The first-order chi connectivity index (χ1) is 16.2. The van der Waals surface area contributed by atoms with E-state index in [1.165, 1.54) is 12.1 Å². The van der Waals surface area contributed by atoms with Gasteiger partial charge in [0.15, 0.2) is 11.6 Å². The molecule has 0 spiro atoms. The first-order valence-electron chi connectivity index (χ1n) is 10.5. The Balaban J connectivity index is 1.53. The first-order valence-corrected chi connectivity index (χ1v) is 10.5. The molecule has 1 heterocycles. The lowest BCUT2D eigenvalue weighted by Gasteiger charge is -2.11. The normalized spacial score (nSPS) is 11.3. The molecule has 3 aromatic carbocycles. The predicted molar refractivity (Wildman–Crippen MR) is 125 cm³/mol. The van der Waals surface area contributed by atoms with Crippen LogP contribution in [0.5, 0.6) is 6.01 Å². The number of halogens is 2. The summed E-state index contributed by atoms with van der Waals surface area (Å²) in [6.07, 6.45) is 2.30. The number of ether oxygens (including phenoxy) is 1. The SMILES string of the molecule is Fc1ccc(COc2ncc(F)c(N=C(CCc3ccccc3)Nc3ccccc3)n2)cc1. The fourth-order valence-corrected chi connectivity index (χ4v) is 3.09. The smallest absolute Gasteiger partial charge is 0.318 e. The lowest BCUT2D eigenvalue weighted by atomic mass is 10.1. The number of anilines is 1. The van der Waals surface area contributed by atoms with Gasteiger partial charge in [-0.05, 0) is 41.8 Å². The first kappa shape index (κ1) is 22.1. The fourth-order valence-electron chi connectivity index (χ4n) is 3.09. The van der Waals surface area contributed by atoms with E-state index in [1.807, 2.05) is 60.7 Å². The molecule has 33 heavy (non-hydrogen) atoms. The predicted octanol–water partition coefficient (Wildman–Crippen LogP) is 6.11. The van der Waals surface area contributed by atoms with Crippen molar-refractivity contribution in [2.24, 2.45) is 4.99 Å². The maximum absolute atomic E-state index is 14.5. The van der Waals surface area contributed by atoms with E-state index >= 15 is 0 Å². The molecule has 0 unspecified atom stereocenters. The summed E-state index contributed by atoms with van der Waals surface area (Å²) >= 11 is 0. The Morgan fingerprint density at radius 3 is 2.27 bits per heavy atom. The molecule has 5 nitrogen and oxygen atoms in total. The summed E-state index contributed by atoms with van der Waals surface area (Å²) in [5.74, 6) is -0.545. The molecule has 4 aromatic rings. The monoisotopic (exact) mass is 444 g/mol. The highest BCUT2D eigenvalue weighted by molar-refractivity contribution is 5.96. The van der Waals surface area contributed by atoms with Crippen LogP contribution in [0.2, 0.25) is 0 Å². The summed E-state index contributed by atoms with van der Waals surface area (Å²) in [6, 6.07) is 25.4. The van der Waals surface area contributed by atoms with Gasteiger partial charge in [-0.25, -0.2) is 18.8 Å². The van der Waals surface area contributed by atoms with Crippen LogP contribution in [0.25, 0.3) is 0 Å². The molecular weight excluding hydrogens is 422 g/mol. The molecule has 0 fully saturated rings. The highest BCUT2D eigenvalue weighted by Crippen LogP contribution is 2.19. The number of aryl methyl sites for hydroxylation is 1. The van der Waals surface area contributed by atoms with Gasteiger partial charge in [0.25, 0.3) is 0 Å². The van der Waals surface area contributed by atoms with Crippen molar-refractivity contribution >= 4 is 17.3 Å². The summed E-state index contributed by atoms with van der Waals surface area (Å²) in [7, 11) is 0. The molecule has 0 atom stereocenters. The number of nitrogens with one attached hydrogen (secondary N) is 1. The van der Waals surface area contributed by atoms with Crippen LogP contribution in [-0.4, -0.2) is 15.8 Å². The minimum atomic E-state index is -0.656. The van der Waals surface area contributed by atoms with Gasteiger partial charge in [0.2, 0.25) is 0 Å². The van der Waals surface area contributed by atoms with Crippen LogP contribution in [0.15, 0.2) is 96.1 Å². The highest BCUT2D eigenvalue weighted by Gasteiger charge is 2.10. The second-order valence-electron chi connectivity index (χ2n) is 7.27. The number of rotatable bonds is 8. The van der Waals surface area contributed by atoms with Gasteiger partial charge in [0.05, 0.1) is 6.20 Å². The van der Waals surface area contributed by atoms with E-state index in [0.29, 0.717) is 12.3 Å². The maximum atomic E-state index is 14.5. The Morgan fingerprint density at radius 1 is 0.848 bits per heavy atom. The topological polar surface area (TPSA) is 59.4 Å². The largest absolute Gasteiger partial charge is 0.459 e. The zero-order valence-corrected chi connectivity index (χ0v) is 17.8. The second-order valence-corrected chi connectivity index (χ2v) is 7.27. The number of hydrogen-bond donors (Lipinski definition) is 1. The third-order valence-corrected chi connectivity index (χ3v) is 4.78. The van der Waals surface area contributed by atoms with Crippen LogP contribution in [-0.2, 0) is 13.0 Å². The number of aliphatic imine (C=N–C) groups is 1. The Kier molecular flexibility index (Phi) is 7.33. The molecule has 7 heteroatoms. The number of hydrogen-bond acceptors (Lipinski definition) is 4. The second kappa shape index (κ2) is 10.9. The Hall–Kier alpha value is -4.13. The Morgan fingerprint density at radius 2 is 1.55 bits per heavy atom. The highest BCUT2D eigenvalue weighted by atomic mass is 19.1. The van der Waals surface area contributed by atoms with Crippen LogP contribution in [0.1, 0.15) is 17.5 Å². The van der Waals surface area contributed by atoms with Crippen molar-refractivity contribution in [2.75, 3.05) is 5.32 Å². The lowest BCUT2D eigenvalue weighted by molar-refractivity contribution is 0.279. The van der Waals surface area contributed by atoms with E-state index in [-0.39, 0.29) is 24.3 Å². The van der Waals surface area contributed by atoms with Gasteiger partial charge in [-0.1, -0.05) is 60.7 Å². The van der Waals surface area contributed by atoms with Gasteiger partial charge in [-0.2, -0.15) is 4.98 Å². The van der Waals surface area contributed by atoms with Crippen LogP contribution in [0.4, 0.5) is 20.3 Å². The molecule has 0 aliphatic heterocycles. The zero-order chi connectivity index (χ0) is 22.9.